The summed E-state index contributed by atoms with van der Waals surface area (Å²) in [5.74, 6) is 0.574. The van der Waals surface area contributed by atoms with Crippen LogP contribution in [0, 0.1) is 0 Å². The molecule has 0 aromatic heterocycles. The highest BCUT2D eigenvalue weighted by molar-refractivity contribution is 9.10. The third-order valence-corrected chi connectivity index (χ3v) is 3.53. The number of carbonyl (C=O) groups excluding carboxylic acids is 1. The Bertz CT molecular complexity index is 509. The molecule has 4 nitrogen and oxygen atoms in total. The third kappa shape index (κ3) is 8.80. The van der Waals surface area contributed by atoms with Crippen LogP contribution < -0.4 is 10.1 Å². The minimum atomic E-state index is -4.31. The fraction of sp³-hybridized carbons (Fsp3) is 0.533. The fourth-order valence-corrected chi connectivity index (χ4v) is 2.39. The van der Waals surface area contributed by atoms with Crippen LogP contribution in [-0.4, -0.2) is 39.0 Å². The first kappa shape index (κ1) is 19.8. The fourth-order valence-electron chi connectivity index (χ4n) is 1.80. The summed E-state index contributed by atoms with van der Waals surface area (Å²) < 4.78 is 45.9. The topological polar surface area (TPSA) is 47.6 Å². The number of nitrogens with one attached hydrogen (secondary N) is 1. The molecule has 0 atom stereocenters. The number of carbonyl (C=O) groups is 1. The number of alkyl halides is 3. The molecular formula is C15H19BrF3NO3. The number of methoxy groups -OCH3 is 1. The van der Waals surface area contributed by atoms with E-state index in [0.717, 1.165) is 15.8 Å². The Morgan fingerprint density at radius 3 is 2.70 bits per heavy atom. The van der Waals surface area contributed by atoms with Crippen molar-refractivity contribution in [2.24, 2.45) is 0 Å². The van der Waals surface area contributed by atoms with Gasteiger partial charge in [0.25, 0.3) is 0 Å². The predicted molar refractivity (Wildman–Crippen MR) is 83.5 cm³/mol. The zero-order valence-electron chi connectivity index (χ0n) is 12.7. The molecule has 0 aliphatic carbocycles. The number of hydrogen-bond donors (Lipinski definition) is 1. The Balaban J connectivity index is 2.16. The molecule has 1 aromatic rings. The summed E-state index contributed by atoms with van der Waals surface area (Å²) in [4.78, 5) is 11.6. The first-order chi connectivity index (χ1) is 10.8. The van der Waals surface area contributed by atoms with Crippen LogP contribution in [0.5, 0.6) is 5.75 Å². The molecule has 0 spiro atoms. The van der Waals surface area contributed by atoms with Gasteiger partial charge in [0.2, 0.25) is 5.91 Å². The van der Waals surface area contributed by atoms with Crippen molar-refractivity contribution in [2.75, 3.05) is 26.9 Å². The minimum absolute atomic E-state index is 0.0365. The Kier molecular flexibility index (Phi) is 8.40. The Morgan fingerprint density at radius 2 is 2.09 bits per heavy atom. The van der Waals surface area contributed by atoms with Crippen molar-refractivity contribution in [3.05, 3.63) is 28.2 Å². The van der Waals surface area contributed by atoms with E-state index in [2.05, 4.69) is 26.0 Å². The highest BCUT2D eigenvalue weighted by Crippen LogP contribution is 2.25. The molecule has 0 saturated carbocycles. The molecule has 0 fully saturated rings. The van der Waals surface area contributed by atoms with E-state index in [1.165, 1.54) is 0 Å². The van der Waals surface area contributed by atoms with E-state index in [1.807, 2.05) is 18.2 Å². The van der Waals surface area contributed by atoms with E-state index in [0.29, 0.717) is 25.8 Å². The summed E-state index contributed by atoms with van der Waals surface area (Å²) >= 11 is 3.37. The van der Waals surface area contributed by atoms with Crippen molar-refractivity contribution in [1.29, 1.82) is 0 Å². The maximum Gasteiger partial charge on any atom is 0.411 e. The van der Waals surface area contributed by atoms with Crippen LogP contribution in [0.2, 0.25) is 0 Å². The van der Waals surface area contributed by atoms with Gasteiger partial charge < -0.3 is 14.8 Å². The highest BCUT2D eigenvalue weighted by atomic mass is 79.9. The average molecular weight is 398 g/mol. The van der Waals surface area contributed by atoms with Gasteiger partial charge in [0.15, 0.2) is 0 Å². The largest absolute Gasteiger partial charge is 0.496 e. The van der Waals surface area contributed by atoms with Gasteiger partial charge in [-0.05, 0) is 46.5 Å². The number of halogens is 4. The van der Waals surface area contributed by atoms with Gasteiger partial charge in [-0.2, -0.15) is 13.2 Å². The maximum absolute atomic E-state index is 11.8. The van der Waals surface area contributed by atoms with Crippen molar-refractivity contribution in [3.8, 4) is 5.75 Å². The smallest absolute Gasteiger partial charge is 0.411 e. The number of rotatable bonds is 9. The van der Waals surface area contributed by atoms with E-state index in [9.17, 15) is 18.0 Å². The number of benzene rings is 1. The molecule has 0 saturated heterocycles. The lowest BCUT2D eigenvalue weighted by Gasteiger charge is -2.09. The van der Waals surface area contributed by atoms with Gasteiger partial charge in [0.1, 0.15) is 12.4 Å². The number of aryl methyl sites for hydroxylation is 1. The molecule has 1 aromatic carbocycles. The van der Waals surface area contributed by atoms with E-state index >= 15 is 0 Å². The molecule has 0 aliphatic rings. The molecular weight excluding hydrogens is 379 g/mol. The van der Waals surface area contributed by atoms with Crippen LogP contribution >= 0.6 is 15.9 Å². The molecule has 23 heavy (non-hydrogen) atoms. The predicted octanol–water partition coefficient (Wildman–Crippen LogP) is 3.48. The molecule has 0 bridgehead atoms. The lowest BCUT2D eigenvalue weighted by atomic mass is 10.1. The SMILES string of the molecule is COc1ccc(CCC(=O)NCCCOCC(F)(F)F)cc1Br. The molecule has 0 aliphatic heterocycles. The summed E-state index contributed by atoms with van der Waals surface area (Å²) in [6.45, 7) is -0.999. The molecule has 1 N–H and O–H groups in total. The van der Waals surface area contributed by atoms with Crippen molar-refractivity contribution in [3.63, 3.8) is 0 Å². The Morgan fingerprint density at radius 1 is 1.35 bits per heavy atom. The second kappa shape index (κ2) is 9.77. The second-order valence-corrected chi connectivity index (χ2v) is 5.69. The third-order valence-electron chi connectivity index (χ3n) is 2.91. The Labute approximate surface area is 141 Å². The quantitative estimate of drug-likeness (QED) is 0.648. The van der Waals surface area contributed by atoms with E-state index in [1.54, 1.807) is 7.11 Å². The first-order valence-corrected chi connectivity index (χ1v) is 7.85. The van der Waals surface area contributed by atoms with Crippen LogP contribution in [0.4, 0.5) is 13.2 Å². The summed E-state index contributed by atoms with van der Waals surface area (Å²) in [7, 11) is 1.58. The molecule has 0 heterocycles. The monoisotopic (exact) mass is 397 g/mol. The van der Waals surface area contributed by atoms with Crippen LogP contribution in [-0.2, 0) is 16.0 Å². The lowest BCUT2D eigenvalue weighted by Crippen LogP contribution is -2.26. The first-order valence-electron chi connectivity index (χ1n) is 7.05. The summed E-state index contributed by atoms with van der Waals surface area (Å²) in [6.07, 6.45) is -3.09. The maximum atomic E-state index is 11.8. The molecule has 0 unspecified atom stereocenters. The van der Waals surface area contributed by atoms with Crippen LogP contribution in [0.15, 0.2) is 22.7 Å². The molecule has 8 heteroatoms. The standard InChI is InChI=1S/C15H19BrF3NO3/c1-22-13-5-3-11(9-12(13)16)4-6-14(21)20-7-2-8-23-10-15(17,18)19/h3,5,9H,2,4,6-8,10H2,1H3,(H,20,21). The lowest BCUT2D eigenvalue weighted by molar-refractivity contribution is -0.174. The zero-order valence-corrected chi connectivity index (χ0v) is 14.3. The second-order valence-electron chi connectivity index (χ2n) is 4.84. The zero-order chi connectivity index (χ0) is 17.3. The molecule has 1 rings (SSSR count). The average Bonchev–Trinajstić information content (AvgIpc) is 2.47. The highest BCUT2D eigenvalue weighted by Gasteiger charge is 2.27. The molecule has 0 radical (unpaired) electrons. The van der Waals surface area contributed by atoms with Gasteiger partial charge >= 0.3 is 6.18 Å². The summed E-state index contributed by atoms with van der Waals surface area (Å²) in [5.41, 5.74) is 0.987. The number of amides is 1. The summed E-state index contributed by atoms with van der Waals surface area (Å²) in [6, 6.07) is 5.58. The van der Waals surface area contributed by atoms with Crippen LogP contribution in [0.3, 0.4) is 0 Å². The van der Waals surface area contributed by atoms with Gasteiger partial charge in [-0.3, -0.25) is 4.79 Å². The van der Waals surface area contributed by atoms with Gasteiger partial charge in [0, 0.05) is 19.6 Å². The van der Waals surface area contributed by atoms with Gasteiger partial charge in [-0.1, -0.05) is 6.07 Å². The van der Waals surface area contributed by atoms with Gasteiger partial charge in [-0.25, -0.2) is 0 Å². The van der Waals surface area contributed by atoms with Crippen molar-refractivity contribution in [2.45, 2.75) is 25.4 Å². The minimum Gasteiger partial charge on any atom is -0.496 e. The summed E-state index contributed by atoms with van der Waals surface area (Å²) in [5, 5.41) is 2.65. The molecule has 130 valence electrons. The van der Waals surface area contributed by atoms with E-state index in [4.69, 9.17) is 4.74 Å². The van der Waals surface area contributed by atoms with Crippen LogP contribution in [0.25, 0.3) is 0 Å². The van der Waals surface area contributed by atoms with Crippen molar-refractivity contribution < 1.29 is 27.4 Å². The number of hydrogen-bond acceptors (Lipinski definition) is 3. The van der Waals surface area contributed by atoms with Gasteiger partial charge in [-0.15, -0.1) is 0 Å². The van der Waals surface area contributed by atoms with Crippen LogP contribution in [0.1, 0.15) is 18.4 Å². The van der Waals surface area contributed by atoms with E-state index in [-0.39, 0.29) is 12.5 Å². The molecule has 1 amide bonds. The van der Waals surface area contributed by atoms with Gasteiger partial charge in [0.05, 0.1) is 11.6 Å². The van der Waals surface area contributed by atoms with Crippen molar-refractivity contribution in [1.82, 2.24) is 5.32 Å². The normalized spacial score (nSPS) is 11.3. The van der Waals surface area contributed by atoms with E-state index < -0.39 is 12.8 Å². The number of ether oxygens (including phenoxy) is 2. The van der Waals surface area contributed by atoms with Crippen molar-refractivity contribution >= 4 is 21.8 Å². The Hall–Kier alpha value is -1.28.